The fourth-order valence-corrected chi connectivity index (χ4v) is 10.6. The predicted octanol–water partition coefficient (Wildman–Crippen LogP) is 6.60. The molecule has 2 N–H and O–H groups in total. The van der Waals surface area contributed by atoms with Gasteiger partial charge in [-0.05, 0) is 91.3 Å². The molecule has 0 radical (unpaired) electrons. The van der Waals surface area contributed by atoms with Crippen molar-refractivity contribution in [3.63, 3.8) is 0 Å². The summed E-state index contributed by atoms with van der Waals surface area (Å²) < 4.78 is 5.74. The van der Waals surface area contributed by atoms with Crippen molar-refractivity contribution in [1.82, 2.24) is 0 Å². The van der Waals surface area contributed by atoms with Gasteiger partial charge in [-0.25, -0.2) is 0 Å². The van der Waals surface area contributed by atoms with Gasteiger partial charge in [-0.1, -0.05) is 71.8 Å². The van der Waals surface area contributed by atoms with Gasteiger partial charge in [-0.3, -0.25) is 4.79 Å². The molecular formula is C32H50O4. The van der Waals surface area contributed by atoms with Crippen LogP contribution in [0.5, 0.6) is 0 Å². The minimum atomic E-state index is -0.672. The van der Waals surface area contributed by atoms with Crippen LogP contribution in [-0.4, -0.2) is 34.0 Å². The first kappa shape index (κ1) is 26.5. The number of allylic oxidation sites excluding steroid dienone is 4. The predicted molar refractivity (Wildman–Crippen MR) is 143 cm³/mol. The van der Waals surface area contributed by atoms with E-state index in [1.807, 2.05) is 6.92 Å². The van der Waals surface area contributed by atoms with Gasteiger partial charge in [-0.2, -0.15) is 0 Å². The molecule has 0 aliphatic heterocycles. The number of carbonyl (C=O) groups is 1. The molecule has 0 bridgehead atoms. The zero-order valence-corrected chi connectivity index (χ0v) is 24.2. The highest BCUT2D eigenvalue weighted by molar-refractivity contribution is 5.66. The second kappa shape index (κ2) is 7.72. The van der Waals surface area contributed by atoms with E-state index in [2.05, 4.69) is 60.6 Å². The monoisotopic (exact) mass is 498 g/mol. The molecule has 4 saturated carbocycles. The Morgan fingerprint density at radius 3 is 2.22 bits per heavy atom. The summed E-state index contributed by atoms with van der Waals surface area (Å²) in [4.78, 5) is 11.9. The van der Waals surface area contributed by atoms with Crippen molar-refractivity contribution >= 4 is 5.97 Å². The number of carbonyl (C=O) groups excluding carboxylic acids is 1. The number of hydrogen-bond donors (Lipinski definition) is 2. The molecule has 0 saturated heterocycles. The van der Waals surface area contributed by atoms with Crippen molar-refractivity contribution < 1.29 is 19.7 Å². The zero-order chi connectivity index (χ0) is 26.7. The molecule has 0 aromatic rings. The molecule has 4 nitrogen and oxygen atoms in total. The van der Waals surface area contributed by atoms with Crippen LogP contribution in [0.15, 0.2) is 23.3 Å². The standard InChI is InChI=1S/C32H50O4/c1-19-25-21-10-11-24-29(6)18-22(34)26(36-20(2)33)27(3,4)23(29)12-13-31(24,8)30(21,7)16-14-28(25,5)15-17-32(19,9)35/h10-11,19,22-23,25-26,34-35H,12-18H2,1-9H3/t19-,22-,23+,25+,26+,28+,29+,30-,31-,32+/m1/s1. The minimum absolute atomic E-state index is 0.0107. The highest BCUT2D eigenvalue weighted by Gasteiger charge is 2.68. The summed E-state index contributed by atoms with van der Waals surface area (Å²) in [7, 11) is 0. The van der Waals surface area contributed by atoms with E-state index in [-0.39, 0.29) is 39.0 Å². The second-order valence-electron chi connectivity index (χ2n) is 15.3. The van der Waals surface area contributed by atoms with Gasteiger partial charge in [0.1, 0.15) is 6.10 Å². The highest BCUT2D eigenvalue weighted by Crippen LogP contribution is 2.74. The van der Waals surface area contributed by atoms with Crippen LogP contribution in [0.2, 0.25) is 0 Å². The van der Waals surface area contributed by atoms with Gasteiger partial charge >= 0.3 is 5.97 Å². The topological polar surface area (TPSA) is 66.8 Å². The summed E-state index contributed by atoms with van der Waals surface area (Å²) in [5, 5.41) is 22.7. The Morgan fingerprint density at radius 2 is 1.58 bits per heavy atom. The lowest BCUT2D eigenvalue weighted by molar-refractivity contribution is -0.200. The molecule has 10 atom stereocenters. The number of hydrogen-bond acceptors (Lipinski definition) is 4. The summed E-state index contributed by atoms with van der Waals surface area (Å²) >= 11 is 0. The molecule has 36 heavy (non-hydrogen) atoms. The third-order valence-corrected chi connectivity index (χ3v) is 13.1. The quantitative estimate of drug-likeness (QED) is 0.400. The lowest BCUT2D eigenvalue weighted by atomic mass is 9.35. The van der Waals surface area contributed by atoms with Crippen molar-refractivity contribution in [1.29, 1.82) is 0 Å². The van der Waals surface area contributed by atoms with Crippen LogP contribution in [0.1, 0.15) is 107 Å². The Labute approximate surface area is 219 Å². The van der Waals surface area contributed by atoms with E-state index in [0.29, 0.717) is 18.3 Å². The summed E-state index contributed by atoms with van der Waals surface area (Å²) in [5.74, 6) is 0.643. The van der Waals surface area contributed by atoms with E-state index in [0.717, 1.165) is 25.7 Å². The Kier molecular flexibility index (Phi) is 5.67. The van der Waals surface area contributed by atoms with Crippen molar-refractivity contribution in [2.75, 3.05) is 0 Å². The van der Waals surface area contributed by atoms with Crippen LogP contribution < -0.4 is 0 Å². The molecule has 0 spiro atoms. The number of esters is 1. The van der Waals surface area contributed by atoms with E-state index in [4.69, 9.17) is 4.74 Å². The summed E-state index contributed by atoms with van der Waals surface area (Å²) in [6.07, 6.45) is 10.9. The molecule has 4 fully saturated rings. The molecule has 5 aliphatic carbocycles. The molecule has 4 heteroatoms. The van der Waals surface area contributed by atoms with Gasteiger partial charge in [0.05, 0.1) is 11.7 Å². The molecule has 0 aromatic heterocycles. The van der Waals surface area contributed by atoms with Crippen molar-refractivity contribution in [2.24, 2.45) is 44.8 Å². The average Bonchev–Trinajstić information content (AvgIpc) is 2.75. The van der Waals surface area contributed by atoms with E-state index in [1.54, 1.807) is 5.57 Å². The first-order chi connectivity index (χ1) is 16.4. The Morgan fingerprint density at radius 1 is 0.944 bits per heavy atom. The molecule has 5 aliphatic rings. The van der Waals surface area contributed by atoms with E-state index in [1.165, 1.54) is 25.3 Å². The van der Waals surface area contributed by atoms with Crippen LogP contribution >= 0.6 is 0 Å². The molecule has 5 rings (SSSR count). The molecule has 202 valence electrons. The molecule has 0 aromatic carbocycles. The Balaban J connectivity index is 1.62. The van der Waals surface area contributed by atoms with Gasteiger partial charge < -0.3 is 14.9 Å². The number of aliphatic hydroxyl groups excluding tert-OH is 1. The van der Waals surface area contributed by atoms with Crippen molar-refractivity contribution in [3.8, 4) is 0 Å². The Hall–Kier alpha value is -1.13. The van der Waals surface area contributed by atoms with Crippen molar-refractivity contribution in [2.45, 2.75) is 125 Å². The summed E-state index contributed by atoms with van der Waals surface area (Å²) in [6.45, 7) is 20.0. The smallest absolute Gasteiger partial charge is 0.303 e. The zero-order valence-electron chi connectivity index (χ0n) is 24.2. The van der Waals surface area contributed by atoms with Gasteiger partial charge in [0.25, 0.3) is 0 Å². The third kappa shape index (κ3) is 3.22. The third-order valence-electron chi connectivity index (χ3n) is 13.1. The molecular weight excluding hydrogens is 448 g/mol. The number of fused-ring (bicyclic) bond motifs is 7. The fraction of sp³-hybridized carbons (Fsp3) is 0.844. The van der Waals surface area contributed by atoms with Crippen molar-refractivity contribution in [3.05, 3.63) is 23.3 Å². The maximum Gasteiger partial charge on any atom is 0.303 e. The highest BCUT2D eigenvalue weighted by atomic mass is 16.6. The van der Waals surface area contributed by atoms with Gasteiger partial charge in [-0.15, -0.1) is 0 Å². The van der Waals surface area contributed by atoms with Crippen LogP contribution in [0, 0.1) is 44.8 Å². The van der Waals surface area contributed by atoms with Gasteiger partial charge in [0, 0.05) is 12.3 Å². The van der Waals surface area contributed by atoms with E-state index < -0.39 is 17.8 Å². The average molecular weight is 499 g/mol. The fourth-order valence-electron chi connectivity index (χ4n) is 10.6. The summed E-state index contributed by atoms with van der Waals surface area (Å²) in [6, 6.07) is 0. The molecule has 0 unspecified atom stereocenters. The molecule has 0 amide bonds. The van der Waals surface area contributed by atoms with Gasteiger partial charge in [0.15, 0.2) is 0 Å². The van der Waals surface area contributed by atoms with Gasteiger partial charge in [0.2, 0.25) is 0 Å². The first-order valence-corrected chi connectivity index (χ1v) is 14.5. The maximum absolute atomic E-state index is 11.9. The van der Waals surface area contributed by atoms with Crippen LogP contribution in [0.3, 0.4) is 0 Å². The summed E-state index contributed by atoms with van der Waals surface area (Å²) in [5.41, 5.74) is 2.26. The van der Waals surface area contributed by atoms with E-state index >= 15 is 0 Å². The lowest BCUT2D eigenvalue weighted by Crippen LogP contribution is -2.64. The minimum Gasteiger partial charge on any atom is -0.459 e. The maximum atomic E-state index is 11.9. The van der Waals surface area contributed by atoms with Crippen LogP contribution in [0.4, 0.5) is 0 Å². The SMILES string of the molecule is CC(=O)O[C@H]1[C@H](O)C[C@]2(C)C3=CC=C4[C@@H]5[C@@H](C)[C@@](C)(O)CC[C@]5(C)CC[C@@]4(C)[C@]3(C)CC[C@H]2C1(C)C. The number of aliphatic hydroxyl groups is 2. The molecule has 0 heterocycles. The Bertz CT molecular complexity index is 1020. The van der Waals surface area contributed by atoms with Crippen LogP contribution in [-0.2, 0) is 9.53 Å². The normalized spacial score (nSPS) is 53.6. The van der Waals surface area contributed by atoms with Crippen LogP contribution in [0.25, 0.3) is 0 Å². The second-order valence-corrected chi connectivity index (χ2v) is 15.3. The number of ether oxygens (including phenoxy) is 1. The van der Waals surface area contributed by atoms with E-state index in [9.17, 15) is 15.0 Å². The number of rotatable bonds is 1. The lowest BCUT2D eigenvalue weighted by Gasteiger charge is -2.69. The largest absolute Gasteiger partial charge is 0.459 e. The first-order valence-electron chi connectivity index (χ1n) is 14.5.